The molecular formula is C13H16FNO2. The third-order valence-corrected chi connectivity index (χ3v) is 3.20. The molecule has 0 saturated heterocycles. The molecule has 0 spiro atoms. The van der Waals surface area contributed by atoms with E-state index in [2.05, 4.69) is 9.64 Å². The summed E-state index contributed by atoms with van der Waals surface area (Å²) in [5.41, 5.74) is 2.05. The first kappa shape index (κ1) is 11.9. The smallest absolute Gasteiger partial charge is 0.307 e. The highest BCUT2D eigenvalue weighted by atomic mass is 19.1. The van der Waals surface area contributed by atoms with Crippen LogP contribution in [-0.4, -0.2) is 25.7 Å². The van der Waals surface area contributed by atoms with Gasteiger partial charge in [-0.15, -0.1) is 0 Å². The van der Waals surface area contributed by atoms with Gasteiger partial charge in [0.2, 0.25) is 0 Å². The second-order valence-corrected chi connectivity index (χ2v) is 4.35. The van der Waals surface area contributed by atoms with Gasteiger partial charge in [-0.05, 0) is 31.0 Å². The number of ether oxygens (including phenoxy) is 1. The van der Waals surface area contributed by atoms with Crippen molar-refractivity contribution in [1.29, 1.82) is 0 Å². The molecule has 17 heavy (non-hydrogen) atoms. The highest BCUT2D eigenvalue weighted by molar-refractivity contribution is 5.71. The number of fused-ring (bicyclic) bond motifs is 1. The molecule has 0 aliphatic carbocycles. The fraction of sp³-hybridized carbons (Fsp3) is 0.462. The third kappa shape index (κ3) is 2.40. The molecular weight excluding hydrogens is 221 g/mol. The van der Waals surface area contributed by atoms with Gasteiger partial charge in [0.15, 0.2) is 0 Å². The zero-order valence-corrected chi connectivity index (χ0v) is 10.1. The highest BCUT2D eigenvalue weighted by Crippen LogP contribution is 2.31. The maximum absolute atomic E-state index is 13.2. The monoisotopic (exact) mass is 237 g/mol. The van der Waals surface area contributed by atoms with Crippen molar-refractivity contribution in [2.24, 2.45) is 0 Å². The summed E-state index contributed by atoms with van der Waals surface area (Å²) in [6.07, 6.45) is 1.23. The summed E-state index contributed by atoms with van der Waals surface area (Å²) in [5, 5.41) is 0. The highest BCUT2D eigenvalue weighted by Gasteiger charge is 2.25. The first-order valence-electron chi connectivity index (χ1n) is 5.73. The van der Waals surface area contributed by atoms with Gasteiger partial charge in [-0.25, -0.2) is 4.39 Å². The summed E-state index contributed by atoms with van der Waals surface area (Å²) < 4.78 is 17.9. The minimum absolute atomic E-state index is 0.0329. The molecule has 1 unspecified atom stereocenters. The largest absolute Gasteiger partial charge is 0.469 e. The lowest BCUT2D eigenvalue weighted by atomic mass is 10.1. The van der Waals surface area contributed by atoms with Crippen LogP contribution in [0.3, 0.4) is 0 Å². The van der Waals surface area contributed by atoms with Crippen LogP contribution >= 0.6 is 0 Å². The molecule has 0 bridgehead atoms. The van der Waals surface area contributed by atoms with E-state index >= 15 is 0 Å². The Morgan fingerprint density at radius 1 is 1.59 bits per heavy atom. The average molecular weight is 237 g/mol. The van der Waals surface area contributed by atoms with Gasteiger partial charge < -0.3 is 9.64 Å². The van der Waals surface area contributed by atoms with E-state index in [9.17, 15) is 9.18 Å². The van der Waals surface area contributed by atoms with Crippen LogP contribution in [0.4, 0.5) is 10.1 Å². The maximum Gasteiger partial charge on any atom is 0.307 e. The molecule has 0 amide bonds. The van der Waals surface area contributed by atoms with Crippen LogP contribution in [0.1, 0.15) is 18.9 Å². The van der Waals surface area contributed by atoms with E-state index in [-0.39, 0.29) is 17.8 Å². The molecule has 3 nitrogen and oxygen atoms in total. The Labute approximate surface area is 100 Å². The van der Waals surface area contributed by atoms with Crippen molar-refractivity contribution in [1.82, 2.24) is 0 Å². The summed E-state index contributed by atoms with van der Waals surface area (Å²) in [6.45, 7) is 2.79. The van der Waals surface area contributed by atoms with Gasteiger partial charge in [0.1, 0.15) is 5.82 Å². The Bertz CT molecular complexity index is 433. The van der Waals surface area contributed by atoms with E-state index in [0.717, 1.165) is 24.2 Å². The van der Waals surface area contributed by atoms with Crippen LogP contribution in [0.15, 0.2) is 18.2 Å². The van der Waals surface area contributed by atoms with Crippen LogP contribution in [0.5, 0.6) is 0 Å². The van der Waals surface area contributed by atoms with Gasteiger partial charge in [0.25, 0.3) is 0 Å². The molecule has 2 rings (SSSR count). The number of anilines is 1. The number of carbonyl (C=O) groups is 1. The van der Waals surface area contributed by atoms with E-state index in [4.69, 9.17) is 0 Å². The Morgan fingerprint density at radius 2 is 2.35 bits per heavy atom. The molecule has 1 aromatic carbocycles. The molecule has 1 aliphatic heterocycles. The summed E-state index contributed by atoms with van der Waals surface area (Å²) in [5.74, 6) is -0.469. The summed E-state index contributed by atoms with van der Waals surface area (Å²) in [6, 6.07) is 4.87. The fourth-order valence-electron chi connectivity index (χ4n) is 2.27. The Kier molecular flexibility index (Phi) is 3.31. The topological polar surface area (TPSA) is 29.5 Å². The molecule has 1 atom stereocenters. The fourth-order valence-corrected chi connectivity index (χ4v) is 2.27. The number of rotatable bonds is 3. The van der Waals surface area contributed by atoms with Gasteiger partial charge in [-0.3, -0.25) is 4.79 Å². The molecule has 1 aromatic rings. The van der Waals surface area contributed by atoms with Crippen LogP contribution in [0.2, 0.25) is 0 Å². The molecule has 0 fully saturated rings. The van der Waals surface area contributed by atoms with Crippen LogP contribution in [0, 0.1) is 5.82 Å². The maximum atomic E-state index is 13.2. The lowest BCUT2D eigenvalue weighted by molar-refractivity contribution is -0.140. The van der Waals surface area contributed by atoms with E-state index in [1.54, 1.807) is 0 Å². The molecule has 1 heterocycles. The van der Waals surface area contributed by atoms with E-state index < -0.39 is 0 Å². The second kappa shape index (κ2) is 4.73. The number of halogens is 1. The third-order valence-electron chi connectivity index (χ3n) is 3.20. The van der Waals surface area contributed by atoms with Crippen molar-refractivity contribution in [3.63, 3.8) is 0 Å². The van der Waals surface area contributed by atoms with Gasteiger partial charge in [0, 0.05) is 18.3 Å². The SMILES string of the molecule is COC(=O)CC(C)N1CCc2ccc(F)cc21. The number of hydrogen-bond acceptors (Lipinski definition) is 3. The van der Waals surface area contributed by atoms with Gasteiger partial charge in [0.05, 0.1) is 13.5 Å². The molecule has 0 N–H and O–H groups in total. The molecule has 92 valence electrons. The van der Waals surface area contributed by atoms with Crippen molar-refractivity contribution in [2.45, 2.75) is 25.8 Å². The molecule has 0 radical (unpaired) electrons. The predicted molar refractivity (Wildman–Crippen MR) is 63.5 cm³/mol. The number of benzene rings is 1. The van der Waals surface area contributed by atoms with E-state index in [0.29, 0.717) is 6.42 Å². The Hall–Kier alpha value is -1.58. The zero-order valence-electron chi connectivity index (χ0n) is 10.1. The van der Waals surface area contributed by atoms with Crippen LogP contribution in [0.25, 0.3) is 0 Å². The summed E-state index contributed by atoms with van der Waals surface area (Å²) in [7, 11) is 1.38. The number of hydrogen-bond donors (Lipinski definition) is 0. The van der Waals surface area contributed by atoms with E-state index in [1.807, 2.05) is 13.0 Å². The van der Waals surface area contributed by atoms with Gasteiger partial charge in [-0.1, -0.05) is 6.07 Å². The van der Waals surface area contributed by atoms with Crippen molar-refractivity contribution < 1.29 is 13.9 Å². The van der Waals surface area contributed by atoms with Gasteiger partial charge >= 0.3 is 5.97 Å². The van der Waals surface area contributed by atoms with Crippen molar-refractivity contribution in [3.8, 4) is 0 Å². The number of nitrogens with zero attached hydrogens (tertiary/aromatic N) is 1. The molecule has 1 aliphatic rings. The first-order valence-corrected chi connectivity index (χ1v) is 5.73. The minimum atomic E-state index is -0.235. The Balaban J connectivity index is 2.15. The van der Waals surface area contributed by atoms with Crippen LogP contribution < -0.4 is 4.90 Å². The summed E-state index contributed by atoms with van der Waals surface area (Å²) in [4.78, 5) is 13.3. The van der Waals surface area contributed by atoms with Crippen molar-refractivity contribution >= 4 is 11.7 Å². The zero-order chi connectivity index (χ0) is 12.4. The number of methoxy groups -OCH3 is 1. The number of esters is 1. The van der Waals surface area contributed by atoms with Crippen LogP contribution in [-0.2, 0) is 16.0 Å². The van der Waals surface area contributed by atoms with E-state index in [1.165, 1.54) is 19.2 Å². The van der Waals surface area contributed by atoms with Crippen molar-refractivity contribution in [3.05, 3.63) is 29.6 Å². The standard InChI is InChI=1S/C13H16FNO2/c1-9(7-13(16)17-2)15-6-5-10-3-4-11(14)8-12(10)15/h3-4,8-9H,5-7H2,1-2H3. The first-order chi connectivity index (χ1) is 8.11. The normalized spacial score (nSPS) is 15.6. The second-order valence-electron chi connectivity index (χ2n) is 4.35. The molecule has 0 aromatic heterocycles. The summed E-state index contributed by atoms with van der Waals surface area (Å²) >= 11 is 0. The lowest BCUT2D eigenvalue weighted by Gasteiger charge is -2.26. The molecule has 0 saturated carbocycles. The van der Waals surface area contributed by atoms with Crippen molar-refractivity contribution in [2.75, 3.05) is 18.6 Å². The van der Waals surface area contributed by atoms with Gasteiger partial charge in [-0.2, -0.15) is 0 Å². The lowest BCUT2D eigenvalue weighted by Crippen LogP contribution is -2.33. The quantitative estimate of drug-likeness (QED) is 0.754. The molecule has 4 heteroatoms. The predicted octanol–water partition coefficient (Wildman–Crippen LogP) is 2.14. The average Bonchev–Trinajstić information content (AvgIpc) is 2.71. The minimum Gasteiger partial charge on any atom is -0.469 e. The number of carbonyl (C=O) groups excluding carboxylic acids is 1. The Morgan fingerprint density at radius 3 is 3.06 bits per heavy atom.